The van der Waals surface area contributed by atoms with Crippen LogP contribution in [0.4, 0.5) is 0 Å². The number of rotatable bonds is 7. The maximum absolute atomic E-state index is 11.4. The van der Waals surface area contributed by atoms with Crippen molar-refractivity contribution in [2.24, 2.45) is 11.8 Å². The van der Waals surface area contributed by atoms with Crippen molar-refractivity contribution >= 4 is 17.7 Å². The summed E-state index contributed by atoms with van der Waals surface area (Å²) < 4.78 is 0. The van der Waals surface area contributed by atoms with E-state index in [2.05, 4.69) is 5.43 Å². The Bertz CT molecular complexity index is 395. The zero-order valence-corrected chi connectivity index (χ0v) is 12.2. The molecule has 19 heavy (non-hydrogen) atoms. The van der Waals surface area contributed by atoms with Gasteiger partial charge in [0.15, 0.2) is 0 Å². The number of carbonyl (C=O) groups is 1. The molecule has 1 amide bonds. The second kappa shape index (κ2) is 8.19. The van der Waals surface area contributed by atoms with E-state index in [0.717, 1.165) is 17.1 Å². The lowest BCUT2D eigenvalue weighted by molar-refractivity contribution is -0.122. The second-order valence-electron chi connectivity index (χ2n) is 4.77. The Morgan fingerprint density at radius 2 is 2.00 bits per heavy atom. The number of hydrogen-bond acceptors (Lipinski definition) is 4. The first kappa shape index (κ1) is 16.0. The lowest BCUT2D eigenvalue weighted by Crippen LogP contribution is -2.33. The number of nitrogens with one attached hydrogen (secondary N) is 1. The van der Waals surface area contributed by atoms with Crippen LogP contribution in [0.2, 0.25) is 0 Å². The van der Waals surface area contributed by atoms with Crippen LogP contribution in [0.1, 0.15) is 30.9 Å². The van der Waals surface area contributed by atoms with Gasteiger partial charge in [0.2, 0.25) is 5.91 Å². The summed E-state index contributed by atoms with van der Waals surface area (Å²) in [5.74, 6) is 6.91. The van der Waals surface area contributed by atoms with E-state index in [-0.39, 0.29) is 18.4 Å². The highest BCUT2D eigenvalue weighted by atomic mass is 32.2. The van der Waals surface area contributed by atoms with E-state index in [0.29, 0.717) is 5.92 Å². The lowest BCUT2D eigenvalue weighted by atomic mass is 9.99. The van der Waals surface area contributed by atoms with Gasteiger partial charge >= 0.3 is 0 Å². The second-order valence-corrected chi connectivity index (χ2v) is 5.80. The number of thioether (sulfide) groups is 1. The Kier molecular flexibility index (Phi) is 6.91. The number of hydrazine groups is 1. The molecule has 0 saturated carbocycles. The van der Waals surface area contributed by atoms with Gasteiger partial charge in [-0.2, -0.15) is 11.8 Å². The molecule has 5 heteroatoms. The van der Waals surface area contributed by atoms with E-state index in [1.165, 1.54) is 5.56 Å². The molecule has 0 aliphatic carbocycles. The topological polar surface area (TPSA) is 75.3 Å². The highest BCUT2D eigenvalue weighted by Gasteiger charge is 2.13. The van der Waals surface area contributed by atoms with Crippen molar-refractivity contribution in [3.63, 3.8) is 0 Å². The van der Waals surface area contributed by atoms with Gasteiger partial charge in [-0.25, -0.2) is 5.84 Å². The molecular weight excluding hydrogens is 260 g/mol. The fraction of sp³-hybridized carbons (Fsp3) is 0.500. The molecule has 4 N–H and O–H groups in total. The number of hydrogen-bond donors (Lipinski definition) is 3. The smallest absolute Gasteiger partial charge is 0.241 e. The Morgan fingerprint density at radius 1 is 1.37 bits per heavy atom. The van der Waals surface area contributed by atoms with E-state index >= 15 is 0 Å². The van der Waals surface area contributed by atoms with Crippen molar-refractivity contribution in [3.05, 3.63) is 35.4 Å². The third kappa shape index (κ3) is 5.22. The summed E-state index contributed by atoms with van der Waals surface area (Å²) in [5.41, 5.74) is 4.34. The van der Waals surface area contributed by atoms with Gasteiger partial charge in [-0.05, 0) is 29.7 Å². The van der Waals surface area contributed by atoms with Crippen LogP contribution < -0.4 is 11.3 Å². The van der Waals surface area contributed by atoms with Crippen LogP contribution in [0, 0.1) is 5.92 Å². The molecule has 2 unspecified atom stereocenters. The van der Waals surface area contributed by atoms with Crippen molar-refractivity contribution in [1.29, 1.82) is 0 Å². The van der Waals surface area contributed by atoms with Crippen LogP contribution in [0.15, 0.2) is 24.3 Å². The van der Waals surface area contributed by atoms with E-state index in [1.807, 2.05) is 38.1 Å². The van der Waals surface area contributed by atoms with Crippen LogP contribution in [0.25, 0.3) is 0 Å². The van der Waals surface area contributed by atoms with E-state index in [9.17, 15) is 4.79 Å². The van der Waals surface area contributed by atoms with Crippen molar-refractivity contribution in [3.8, 4) is 0 Å². The summed E-state index contributed by atoms with van der Waals surface area (Å²) >= 11 is 1.80. The number of benzene rings is 1. The predicted molar refractivity (Wildman–Crippen MR) is 79.6 cm³/mol. The molecule has 2 atom stereocenters. The number of carbonyl (C=O) groups excluding carboxylic acids is 1. The van der Waals surface area contributed by atoms with E-state index in [1.54, 1.807) is 11.8 Å². The number of aliphatic hydroxyl groups is 1. The van der Waals surface area contributed by atoms with Crippen LogP contribution in [0.3, 0.4) is 0 Å². The van der Waals surface area contributed by atoms with E-state index in [4.69, 9.17) is 10.9 Å². The van der Waals surface area contributed by atoms with Gasteiger partial charge in [0, 0.05) is 12.4 Å². The molecule has 0 bridgehead atoms. The van der Waals surface area contributed by atoms with Crippen LogP contribution in [-0.4, -0.2) is 23.4 Å². The maximum Gasteiger partial charge on any atom is 0.241 e. The molecule has 0 heterocycles. The molecule has 106 valence electrons. The standard InChI is InChI=1S/C14H22N2O2S/c1-10(7-17)8-19-9-12-3-5-13(6-4-12)11(2)14(18)16-15/h3-6,10-11,17H,7-9,15H2,1-2H3,(H,16,18). The molecule has 0 radical (unpaired) electrons. The Hall–Kier alpha value is -1.04. The normalized spacial score (nSPS) is 13.9. The molecule has 4 nitrogen and oxygen atoms in total. The summed E-state index contributed by atoms with van der Waals surface area (Å²) in [4.78, 5) is 11.4. The Morgan fingerprint density at radius 3 is 2.53 bits per heavy atom. The Balaban J connectivity index is 2.50. The number of amides is 1. The van der Waals surface area contributed by atoms with Crippen molar-refractivity contribution < 1.29 is 9.90 Å². The minimum atomic E-state index is -0.235. The molecule has 0 aliphatic heterocycles. The third-order valence-corrected chi connectivity index (χ3v) is 4.34. The van der Waals surface area contributed by atoms with Crippen LogP contribution >= 0.6 is 11.8 Å². The maximum atomic E-state index is 11.4. The lowest BCUT2D eigenvalue weighted by Gasteiger charge is -2.11. The first-order valence-electron chi connectivity index (χ1n) is 6.36. The predicted octanol–water partition coefficient (Wildman–Crippen LogP) is 1.64. The molecule has 0 aliphatic rings. The van der Waals surface area contributed by atoms with Gasteiger partial charge in [-0.15, -0.1) is 0 Å². The van der Waals surface area contributed by atoms with E-state index < -0.39 is 0 Å². The monoisotopic (exact) mass is 282 g/mol. The number of nitrogens with two attached hydrogens (primary N) is 1. The fourth-order valence-corrected chi connectivity index (χ4v) is 2.66. The van der Waals surface area contributed by atoms with Gasteiger partial charge in [0.1, 0.15) is 0 Å². The molecular formula is C14H22N2O2S. The van der Waals surface area contributed by atoms with Gasteiger partial charge < -0.3 is 5.11 Å². The van der Waals surface area contributed by atoms with Gasteiger partial charge in [0.25, 0.3) is 0 Å². The van der Waals surface area contributed by atoms with Gasteiger partial charge in [0.05, 0.1) is 5.92 Å². The summed E-state index contributed by atoms with van der Waals surface area (Å²) in [6, 6.07) is 8.00. The minimum absolute atomic E-state index is 0.182. The third-order valence-electron chi connectivity index (χ3n) is 3.00. The molecule has 1 aromatic rings. The molecule has 0 aromatic heterocycles. The summed E-state index contributed by atoms with van der Waals surface area (Å²) in [5, 5.41) is 8.94. The average Bonchev–Trinajstić information content (AvgIpc) is 2.46. The van der Waals surface area contributed by atoms with Crippen molar-refractivity contribution in [1.82, 2.24) is 5.43 Å². The fourth-order valence-electron chi connectivity index (χ4n) is 1.61. The summed E-state index contributed by atoms with van der Waals surface area (Å²) in [7, 11) is 0. The van der Waals surface area contributed by atoms with Crippen LogP contribution in [-0.2, 0) is 10.5 Å². The number of aliphatic hydroxyl groups excluding tert-OH is 1. The summed E-state index contributed by atoms with van der Waals surface area (Å²) in [6.45, 7) is 4.09. The molecule has 1 aromatic carbocycles. The Labute approximate surface area is 118 Å². The molecule has 1 rings (SSSR count). The van der Waals surface area contributed by atoms with Crippen molar-refractivity contribution in [2.75, 3.05) is 12.4 Å². The van der Waals surface area contributed by atoms with Crippen LogP contribution in [0.5, 0.6) is 0 Å². The SMILES string of the molecule is CC(CO)CSCc1ccc(C(C)C(=O)NN)cc1. The zero-order valence-electron chi connectivity index (χ0n) is 11.4. The molecule has 0 fully saturated rings. The van der Waals surface area contributed by atoms with Crippen molar-refractivity contribution in [2.45, 2.75) is 25.5 Å². The zero-order chi connectivity index (χ0) is 14.3. The first-order chi connectivity index (χ1) is 9.08. The highest BCUT2D eigenvalue weighted by molar-refractivity contribution is 7.98. The largest absolute Gasteiger partial charge is 0.396 e. The summed E-state index contributed by atoms with van der Waals surface area (Å²) in [6.07, 6.45) is 0. The average molecular weight is 282 g/mol. The highest BCUT2D eigenvalue weighted by Crippen LogP contribution is 2.19. The first-order valence-corrected chi connectivity index (χ1v) is 7.51. The van der Waals surface area contributed by atoms with Gasteiger partial charge in [-0.3, -0.25) is 10.2 Å². The van der Waals surface area contributed by atoms with Gasteiger partial charge in [-0.1, -0.05) is 31.2 Å². The quantitative estimate of drug-likeness (QED) is 0.404. The molecule has 0 saturated heterocycles. The molecule has 0 spiro atoms. The minimum Gasteiger partial charge on any atom is -0.396 e.